The Morgan fingerprint density at radius 2 is 2.28 bits per heavy atom. The number of carbonyl (C=O) groups excluding carboxylic acids is 1. The number of H-pyrrole nitrogens is 1. The third-order valence-electron chi connectivity index (χ3n) is 2.44. The van der Waals surface area contributed by atoms with E-state index >= 15 is 0 Å². The number of halogens is 2. The number of benzene rings is 1. The maximum atomic E-state index is 12.8. The summed E-state index contributed by atoms with van der Waals surface area (Å²) in [5.74, 6) is -3.93. The van der Waals surface area contributed by atoms with Gasteiger partial charge in [0.05, 0.1) is 18.3 Å². The first-order valence-electron chi connectivity index (χ1n) is 5.22. The maximum absolute atomic E-state index is 12.8. The second-order valence-electron chi connectivity index (χ2n) is 3.87. The second-order valence-corrected chi connectivity index (χ2v) is 3.87. The van der Waals surface area contributed by atoms with Gasteiger partial charge in [-0.3, -0.25) is 9.89 Å². The Morgan fingerprint density at radius 1 is 1.50 bits per heavy atom. The summed E-state index contributed by atoms with van der Waals surface area (Å²) in [4.78, 5) is 11.6. The van der Waals surface area contributed by atoms with E-state index in [2.05, 4.69) is 15.5 Å². The zero-order valence-corrected chi connectivity index (χ0v) is 9.28. The average molecular weight is 255 g/mol. The maximum Gasteiger partial charge on any atom is 0.287 e. The molecule has 0 bridgehead atoms. The fourth-order valence-electron chi connectivity index (χ4n) is 1.45. The molecule has 7 heteroatoms. The Morgan fingerprint density at radius 3 is 3.00 bits per heavy atom. The second kappa shape index (κ2) is 4.69. The van der Waals surface area contributed by atoms with Crippen molar-refractivity contribution < 1.29 is 18.7 Å². The number of hydrogen-bond acceptors (Lipinski definition) is 3. The van der Waals surface area contributed by atoms with Crippen LogP contribution in [0, 0.1) is 0 Å². The molecule has 96 valence electrons. The number of hydrogen-bond donors (Lipinski definition) is 3. The molecule has 2 aromatic rings. The van der Waals surface area contributed by atoms with E-state index in [1.54, 1.807) is 12.1 Å². The first-order valence-corrected chi connectivity index (χ1v) is 5.22. The van der Waals surface area contributed by atoms with E-state index in [1.807, 2.05) is 0 Å². The average Bonchev–Trinajstić information content (AvgIpc) is 2.83. The smallest absolute Gasteiger partial charge is 0.287 e. The van der Waals surface area contributed by atoms with E-state index in [-0.39, 0.29) is 5.56 Å². The van der Waals surface area contributed by atoms with E-state index < -0.39 is 25.0 Å². The van der Waals surface area contributed by atoms with Crippen LogP contribution in [0.2, 0.25) is 0 Å². The summed E-state index contributed by atoms with van der Waals surface area (Å²) in [5.41, 5.74) is 1.02. The molecule has 18 heavy (non-hydrogen) atoms. The lowest BCUT2D eigenvalue weighted by Gasteiger charge is -2.13. The normalized spacial score (nSPS) is 11.7. The first-order chi connectivity index (χ1) is 8.52. The lowest BCUT2D eigenvalue weighted by atomic mass is 10.1. The predicted octanol–water partition coefficient (Wildman–Crippen LogP) is 0.920. The van der Waals surface area contributed by atoms with Crippen LogP contribution in [-0.2, 0) is 0 Å². The standard InChI is InChI=1S/C11H11F2N3O2/c12-11(13,6-17)5-14-10(18)7-1-2-9-8(3-7)4-15-16-9/h1-4,17H,5-6H2,(H,14,18)(H,15,16). The molecule has 2 rings (SSSR count). The lowest BCUT2D eigenvalue weighted by molar-refractivity contribution is -0.0462. The van der Waals surface area contributed by atoms with E-state index in [1.165, 1.54) is 12.3 Å². The van der Waals surface area contributed by atoms with Crippen molar-refractivity contribution in [1.29, 1.82) is 0 Å². The van der Waals surface area contributed by atoms with Crippen molar-refractivity contribution in [3.8, 4) is 0 Å². The van der Waals surface area contributed by atoms with Gasteiger partial charge in [-0.1, -0.05) is 0 Å². The van der Waals surface area contributed by atoms with Crippen LogP contribution in [0.1, 0.15) is 10.4 Å². The minimum absolute atomic E-state index is 0.262. The van der Waals surface area contributed by atoms with E-state index in [0.29, 0.717) is 0 Å². The number of fused-ring (bicyclic) bond motifs is 1. The Bertz CT molecular complexity index is 568. The van der Waals surface area contributed by atoms with E-state index in [4.69, 9.17) is 5.11 Å². The summed E-state index contributed by atoms with van der Waals surface area (Å²) in [6.07, 6.45) is 1.54. The van der Waals surface area contributed by atoms with Crippen molar-refractivity contribution in [2.24, 2.45) is 0 Å². The van der Waals surface area contributed by atoms with Crippen molar-refractivity contribution in [3.63, 3.8) is 0 Å². The van der Waals surface area contributed by atoms with Crippen molar-refractivity contribution in [2.45, 2.75) is 5.92 Å². The Balaban J connectivity index is 2.08. The van der Waals surface area contributed by atoms with E-state index in [0.717, 1.165) is 10.9 Å². The molecule has 0 aliphatic carbocycles. The highest BCUT2D eigenvalue weighted by Gasteiger charge is 2.28. The number of nitrogens with zero attached hydrogens (tertiary/aromatic N) is 1. The SMILES string of the molecule is O=C(NCC(F)(F)CO)c1ccc2[nH]ncc2c1. The van der Waals surface area contributed by atoms with Gasteiger partial charge in [-0.15, -0.1) is 0 Å². The van der Waals surface area contributed by atoms with Crippen LogP contribution in [0.4, 0.5) is 8.78 Å². The summed E-state index contributed by atoms with van der Waals surface area (Å²) >= 11 is 0. The van der Waals surface area contributed by atoms with Gasteiger partial charge in [0, 0.05) is 10.9 Å². The number of amides is 1. The minimum Gasteiger partial charge on any atom is -0.390 e. The van der Waals surface area contributed by atoms with Gasteiger partial charge in [0.1, 0.15) is 6.61 Å². The van der Waals surface area contributed by atoms with Gasteiger partial charge in [0.15, 0.2) is 0 Å². The molecule has 0 saturated heterocycles. The molecular formula is C11H11F2N3O2. The molecule has 5 nitrogen and oxygen atoms in total. The number of aromatic amines is 1. The van der Waals surface area contributed by atoms with Crippen LogP contribution in [0.5, 0.6) is 0 Å². The van der Waals surface area contributed by atoms with Crippen LogP contribution in [0.15, 0.2) is 24.4 Å². The number of carbonyl (C=O) groups is 1. The van der Waals surface area contributed by atoms with E-state index in [9.17, 15) is 13.6 Å². The highest BCUT2D eigenvalue weighted by Crippen LogP contribution is 2.14. The van der Waals surface area contributed by atoms with Gasteiger partial charge in [-0.25, -0.2) is 8.78 Å². The van der Waals surface area contributed by atoms with Crippen molar-refractivity contribution >= 4 is 16.8 Å². The molecule has 0 atom stereocenters. The topological polar surface area (TPSA) is 78.0 Å². The van der Waals surface area contributed by atoms with Gasteiger partial charge < -0.3 is 10.4 Å². The quantitative estimate of drug-likeness (QED) is 0.760. The number of aliphatic hydroxyl groups is 1. The zero-order valence-electron chi connectivity index (χ0n) is 9.28. The molecule has 0 aliphatic heterocycles. The zero-order chi connectivity index (χ0) is 13.2. The fraction of sp³-hybridized carbons (Fsp3) is 0.273. The highest BCUT2D eigenvalue weighted by molar-refractivity contribution is 5.97. The number of rotatable bonds is 4. The minimum atomic E-state index is -3.31. The van der Waals surface area contributed by atoms with Crippen LogP contribution in [-0.4, -0.2) is 40.3 Å². The summed E-state index contributed by atoms with van der Waals surface area (Å²) < 4.78 is 25.5. The number of aliphatic hydroxyl groups excluding tert-OH is 1. The predicted molar refractivity (Wildman–Crippen MR) is 60.5 cm³/mol. The van der Waals surface area contributed by atoms with Crippen molar-refractivity contribution in [1.82, 2.24) is 15.5 Å². The Hall–Kier alpha value is -2.02. The van der Waals surface area contributed by atoms with Gasteiger partial charge in [-0.05, 0) is 18.2 Å². The molecule has 0 saturated carbocycles. The highest BCUT2D eigenvalue weighted by atomic mass is 19.3. The molecule has 1 heterocycles. The number of nitrogens with one attached hydrogen (secondary N) is 2. The summed E-state index contributed by atoms with van der Waals surface area (Å²) in [5, 5.41) is 17.7. The molecule has 1 amide bonds. The third kappa shape index (κ3) is 2.62. The van der Waals surface area contributed by atoms with Crippen LogP contribution in [0.25, 0.3) is 10.9 Å². The summed E-state index contributed by atoms with van der Waals surface area (Å²) in [6.45, 7) is -2.19. The van der Waals surface area contributed by atoms with Crippen LogP contribution in [0.3, 0.4) is 0 Å². The van der Waals surface area contributed by atoms with Gasteiger partial charge >= 0.3 is 0 Å². The number of aromatic nitrogens is 2. The first kappa shape index (κ1) is 12.4. The van der Waals surface area contributed by atoms with Crippen molar-refractivity contribution in [3.05, 3.63) is 30.0 Å². The third-order valence-corrected chi connectivity index (χ3v) is 2.44. The largest absolute Gasteiger partial charge is 0.390 e. The Kier molecular flexibility index (Phi) is 3.24. The molecule has 0 fully saturated rings. The van der Waals surface area contributed by atoms with Crippen LogP contribution >= 0.6 is 0 Å². The Labute approximate surface area is 101 Å². The lowest BCUT2D eigenvalue weighted by Crippen LogP contribution is -2.38. The molecule has 0 unspecified atom stereocenters. The van der Waals surface area contributed by atoms with Crippen molar-refractivity contribution in [2.75, 3.05) is 13.2 Å². The molecule has 0 radical (unpaired) electrons. The molecule has 1 aromatic carbocycles. The molecule has 0 aliphatic rings. The van der Waals surface area contributed by atoms with Gasteiger partial charge in [0.2, 0.25) is 0 Å². The monoisotopic (exact) mass is 255 g/mol. The molecular weight excluding hydrogens is 244 g/mol. The van der Waals surface area contributed by atoms with Gasteiger partial charge in [-0.2, -0.15) is 5.10 Å². The van der Waals surface area contributed by atoms with Crippen LogP contribution < -0.4 is 5.32 Å². The molecule has 3 N–H and O–H groups in total. The molecule has 0 spiro atoms. The van der Waals surface area contributed by atoms with Gasteiger partial charge in [0.25, 0.3) is 11.8 Å². The molecule has 1 aromatic heterocycles. The number of alkyl halides is 2. The fourth-order valence-corrected chi connectivity index (χ4v) is 1.45. The summed E-state index contributed by atoms with van der Waals surface area (Å²) in [6, 6.07) is 4.69. The summed E-state index contributed by atoms with van der Waals surface area (Å²) in [7, 11) is 0.